The van der Waals surface area contributed by atoms with Gasteiger partial charge in [0, 0.05) is 26.3 Å². The zero-order chi connectivity index (χ0) is 12.1. The number of hydrogen-bond acceptors (Lipinski definition) is 3. The maximum Gasteiger partial charge on any atom is 0.0471 e. The molecule has 1 unspecified atom stereocenters. The number of rotatable bonds is 2. The fourth-order valence-corrected chi connectivity index (χ4v) is 3.08. The molecule has 2 saturated heterocycles. The van der Waals surface area contributed by atoms with Crippen LogP contribution in [-0.4, -0.2) is 50.8 Å². The molecule has 1 N–H and O–H groups in total. The summed E-state index contributed by atoms with van der Waals surface area (Å²) < 4.78 is 5.49. The maximum atomic E-state index is 5.49. The first-order valence-corrected chi connectivity index (χ1v) is 7.19. The topological polar surface area (TPSA) is 24.5 Å². The summed E-state index contributed by atoms with van der Waals surface area (Å²) in [7, 11) is 0. The van der Waals surface area contributed by atoms with Gasteiger partial charge in [-0.25, -0.2) is 0 Å². The van der Waals surface area contributed by atoms with Crippen LogP contribution >= 0.6 is 0 Å². The summed E-state index contributed by atoms with van der Waals surface area (Å²) in [4.78, 5) is 2.69. The maximum absolute atomic E-state index is 5.49. The van der Waals surface area contributed by atoms with Crippen LogP contribution in [-0.2, 0) is 4.74 Å². The SMILES string of the molecule is CC1CNCCCN(CC2(C)CCOCC2)C1. The van der Waals surface area contributed by atoms with Crippen LogP contribution < -0.4 is 5.32 Å². The largest absolute Gasteiger partial charge is 0.381 e. The van der Waals surface area contributed by atoms with Crippen LogP contribution in [0, 0.1) is 11.3 Å². The third-order valence-electron chi connectivity index (χ3n) is 4.20. The predicted octanol–water partition coefficient (Wildman–Crippen LogP) is 1.73. The van der Waals surface area contributed by atoms with Gasteiger partial charge in [0.2, 0.25) is 0 Å². The minimum Gasteiger partial charge on any atom is -0.381 e. The molecular formula is C14H28N2O. The van der Waals surface area contributed by atoms with Crippen LogP contribution in [0.4, 0.5) is 0 Å². The monoisotopic (exact) mass is 240 g/mol. The molecule has 1 atom stereocenters. The Morgan fingerprint density at radius 2 is 2.12 bits per heavy atom. The molecule has 0 aromatic carbocycles. The van der Waals surface area contributed by atoms with E-state index in [0.29, 0.717) is 5.41 Å². The van der Waals surface area contributed by atoms with Crippen molar-refractivity contribution in [3.05, 3.63) is 0 Å². The lowest BCUT2D eigenvalue weighted by Gasteiger charge is -2.39. The highest BCUT2D eigenvalue weighted by atomic mass is 16.5. The smallest absolute Gasteiger partial charge is 0.0471 e. The van der Waals surface area contributed by atoms with Gasteiger partial charge in [0.05, 0.1) is 0 Å². The van der Waals surface area contributed by atoms with E-state index in [-0.39, 0.29) is 0 Å². The molecule has 0 amide bonds. The second-order valence-electron chi connectivity index (χ2n) is 6.32. The average Bonchev–Trinajstić information content (AvgIpc) is 2.26. The molecule has 2 aliphatic heterocycles. The molecule has 2 aliphatic rings. The summed E-state index contributed by atoms with van der Waals surface area (Å²) in [5, 5.41) is 3.52. The van der Waals surface area contributed by atoms with Gasteiger partial charge in [-0.3, -0.25) is 0 Å². The standard InChI is InChI=1S/C14H28N2O/c1-13-10-15-6-3-7-16(11-13)12-14(2)4-8-17-9-5-14/h13,15H,3-12H2,1-2H3. The summed E-state index contributed by atoms with van der Waals surface area (Å²) in [6.45, 7) is 12.9. The van der Waals surface area contributed by atoms with Gasteiger partial charge in [-0.2, -0.15) is 0 Å². The number of hydrogen-bond donors (Lipinski definition) is 1. The second-order valence-corrected chi connectivity index (χ2v) is 6.32. The highest BCUT2D eigenvalue weighted by Crippen LogP contribution is 2.31. The Labute approximate surface area is 106 Å². The molecule has 0 aliphatic carbocycles. The van der Waals surface area contributed by atoms with Crippen molar-refractivity contribution in [1.82, 2.24) is 10.2 Å². The molecule has 17 heavy (non-hydrogen) atoms. The lowest BCUT2D eigenvalue weighted by atomic mass is 9.81. The molecule has 2 fully saturated rings. The Morgan fingerprint density at radius 1 is 1.35 bits per heavy atom. The van der Waals surface area contributed by atoms with E-state index in [0.717, 1.165) is 19.1 Å². The van der Waals surface area contributed by atoms with Gasteiger partial charge in [-0.15, -0.1) is 0 Å². The predicted molar refractivity (Wildman–Crippen MR) is 71.3 cm³/mol. The van der Waals surface area contributed by atoms with E-state index in [1.165, 1.54) is 52.0 Å². The van der Waals surface area contributed by atoms with Crippen LogP contribution in [0.1, 0.15) is 33.1 Å². The Bertz CT molecular complexity index is 226. The molecule has 0 saturated carbocycles. The van der Waals surface area contributed by atoms with Gasteiger partial charge in [-0.1, -0.05) is 13.8 Å². The quantitative estimate of drug-likeness (QED) is 0.795. The van der Waals surface area contributed by atoms with Gasteiger partial charge in [0.1, 0.15) is 0 Å². The van der Waals surface area contributed by atoms with Crippen LogP contribution in [0.25, 0.3) is 0 Å². The summed E-state index contributed by atoms with van der Waals surface area (Å²) in [5.74, 6) is 0.777. The molecule has 0 aromatic heterocycles. The minimum absolute atomic E-state index is 0.491. The van der Waals surface area contributed by atoms with Gasteiger partial charge < -0.3 is 15.0 Å². The first kappa shape index (κ1) is 13.3. The summed E-state index contributed by atoms with van der Waals surface area (Å²) >= 11 is 0. The summed E-state index contributed by atoms with van der Waals surface area (Å²) in [6.07, 6.45) is 3.76. The van der Waals surface area contributed by atoms with Gasteiger partial charge in [0.25, 0.3) is 0 Å². The van der Waals surface area contributed by atoms with Crippen LogP contribution in [0.5, 0.6) is 0 Å². The van der Waals surface area contributed by atoms with Crippen molar-refractivity contribution >= 4 is 0 Å². The third-order valence-corrected chi connectivity index (χ3v) is 4.20. The van der Waals surface area contributed by atoms with E-state index in [1.807, 2.05) is 0 Å². The van der Waals surface area contributed by atoms with E-state index in [1.54, 1.807) is 0 Å². The fourth-order valence-electron chi connectivity index (χ4n) is 3.08. The zero-order valence-electron chi connectivity index (χ0n) is 11.5. The Kier molecular flexibility index (Phi) is 4.83. The van der Waals surface area contributed by atoms with Crippen LogP contribution in [0.15, 0.2) is 0 Å². The highest BCUT2D eigenvalue weighted by molar-refractivity contribution is 4.82. The van der Waals surface area contributed by atoms with E-state index < -0.39 is 0 Å². The number of nitrogens with one attached hydrogen (secondary N) is 1. The number of ether oxygens (including phenoxy) is 1. The van der Waals surface area contributed by atoms with Crippen molar-refractivity contribution in [2.24, 2.45) is 11.3 Å². The Morgan fingerprint density at radius 3 is 2.88 bits per heavy atom. The Hall–Kier alpha value is -0.120. The highest BCUT2D eigenvalue weighted by Gasteiger charge is 2.30. The Balaban J connectivity index is 1.86. The third kappa shape index (κ3) is 4.23. The summed E-state index contributed by atoms with van der Waals surface area (Å²) in [5.41, 5.74) is 0.491. The molecule has 3 heteroatoms. The normalized spacial score (nSPS) is 31.8. The first-order chi connectivity index (χ1) is 8.18. The molecular weight excluding hydrogens is 212 g/mol. The van der Waals surface area contributed by atoms with E-state index in [2.05, 4.69) is 24.1 Å². The van der Waals surface area contributed by atoms with Crippen molar-refractivity contribution in [3.8, 4) is 0 Å². The molecule has 2 rings (SSSR count). The second kappa shape index (κ2) is 6.17. The molecule has 0 radical (unpaired) electrons. The zero-order valence-corrected chi connectivity index (χ0v) is 11.5. The van der Waals surface area contributed by atoms with Crippen LogP contribution in [0.3, 0.4) is 0 Å². The molecule has 0 spiro atoms. The lowest BCUT2D eigenvalue weighted by Crippen LogP contribution is -2.45. The summed E-state index contributed by atoms with van der Waals surface area (Å²) in [6, 6.07) is 0. The first-order valence-electron chi connectivity index (χ1n) is 7.19. The van der Waals surface area contributed by atoms with Crippen molar-refractivity contribution in [3.63, 3.8) is 0 Å². The molecule has 100 valence electrons. The average molecular weight is 240 g/mol. The van der Waals surface area contributed by atoms with Crippen molar-refractivity contribution in [2.75, 3.05) is 45.9 Å². The molecule has 2 heterocycles. The van der Waals surface area contributed by atoms with Gasteiger partial charge >= 0.3 is 0 Å². The van der Waals surface area contributed by atoms with E-state index in [4.69, 9.17) is 4.74 Å². The minimum atomic E-state index is 0.491. The van der Waals surface area contributed by atoms with E-state index in [9.17, 15) is 0 Å². The lowest BCUT2D eigenvalue weighted by molar-refractivity contribution is 0.00208. The number of nitrogens with zero attached hydrogens (tertiary/aromatic N) is 1. The van der Waals surface area contributed by atoms with Crippen molar-refractivity contribution in [1.29, 1.82) is 0 Å². The molecule has 3 nitrogen and oxygen atoms in total. The fraction of sp³-hybridized carbons (Fsp3) is 1.00. The molecule has 0 aromatic rings. The van der Waals surface area contributed by atoms with E-state index >= 15 is 0 Å². The van der Waals surface area contributed by atoms with Crippen LogP contribution in [0.2, 0.25) is 0 Å². The van der Waals surface area contributed by atoms with Crippen molar-refractivity contribution in [2.45, 2.75) is 33.1 Å². The van der Waals surface area contributed by atoms with Gasteiger partial charge in [-0.05, 0) is 50.2 Å². The van der Waals surface area contributed by atoms with Crippen molar-refractivity contribution < 1.29 is 4.74 Å². The van der Waals surface area contributed by atoms with Gasteiger partial charge in [0.15, 0.2) is 0 Å². The molecule has 0 bridgehead atoms.